The third kappa shape index (κ3) is 3.92. The van der Waals surface area contributed by atoms with Crippen molar-refractivity contribution in [2.24, 2.45) is 0 Å². The predicted octanol–water partition coefficient (Wildman–Crippen LogP) is 3.82. The van der Waals surface area contributed by atoms with Gasteiger partial charge in [0.2, 0.25) is 5.75 Å². The minimum atomic E-state index is -1.09. The van der Waals surface area contributed by atoms with Crippen LogP contribution in [-0.4, -0.2) is 40.6 Å². The van der Waals surface area contributed by atoms with Gasteiger partial charge in [-0.2, -0.15) is 0 Å². The molecule has 3 rings (SSSR count). The monoisotopic (exact) mass is 431 g/mol. The molecule has 0 spiro atoms. The molecule has 2 N–H and O–H groups in total. The molecule has 0 aliphatic carbocycles. The molecule has 150 valence electrons. The number of amides is 1. The number of thiocarbonyl (C=S) groups is 1. The molecule has 9 heteroatoms. The molecule has 1 fully saturated rings. The van der Waals surface area contributed by atoms with Crippen molar-refractivity contribution in [3.8, 4) is 17.2 Å². The lowest BCUT2D eigenvalue weighted by Crippen LogP contribution is -2.28. The highest BCUT2D eigenvalue weighted by atomic mass is 32.2. The summed E-state index contributed by atoms with van der Waals surface area (Å²) in [5, 5.41) is 19.3. The molecule has 0 saturated carbocycles. The van der Waals surface area contributed by atoms with Crippen molar-refractivity contribution in [3.63, 3.8) is 0 Å². The molecule has 2 aromatic rings. The Labute approximate surface area is 176 Å². The van der Waals surface area contributed by atoms with Crippen molar-refractivity contribution >= 4 is 51.9 Å². The van der Waals surface area contributed by atoms with Crippen LogP contribution in [0.1, 0.15) is 21.5 Å². The largest absolute Gasteiger partial charge is 0.502 e. The molecule has 7 nitrogen and oxygen atoms in total. The van der Waals surface area contributed by atoms with Gasteiger partial charge in [0.25, 0.3) is 5.91 Å². The van der Waals surface area contributed by atoms with Gasteiger partial charge in [-0.25, -0.2) is 4.79 Å². The number of methoxy groups -OCH3 is 2. The topological polar surface area (TPSA) is 96.3 Å². The van der Waals surface area contributed by atoms with Crippen LogP contribution in [0.5, 0.6) is 17.2 Å². The molecule has 0 unspecified atom stereocenters. The number of aryl methyl sites for hydroxylation is 1. The van der Waals surface area contributed by atoms with Crippen LogP contribution in [0.3, 0.4) is 0 Å². The van der Waals surface area contributed by atoms with Gasteiger partial charge < -0.3 is 19.7 Å². The first-order valence-electron chi connectivity index (χ1n) is 8.33. The second-order valence-electron chi connectivity index (χ2n) is 6.10. The Morgan fingerprint density at radius 2 is 1.79 bits per heavy atom. The number of nitrogens with zero attached hydrogens (tertiary/aromatic N) is 1. The molecule has 1 saturated heterocycles. The Bertz CT molecular complexity index is 1040. The molecule has 0 atom stereocenters. The van der Waals surface area contributed by atoms with E-state index in [0.29, 0.717) is 20.5 Å². The zero-order chi connectivity index (χ0) is 21.3. The van der Waals surface area contributed by atoms with Crippen molar-refractivity contribution in [2.75, 3.05) is 19.1 Å². The molecule has 0 aromatic heterocycles. The molecule has 1 heterocycles. The second kappa shape index (κ2) is 8.14. The van der Waals surface area contributed by atoms with E-state index in [9.17, 15) is 19.8 Å². The van der Waals surface area contributed by atoms with Gasteiger partial charge in [-0.05, 0) is 48.4 Å². The van der Waals surface area contributed by atoms with E-state index in [4.69, 9.17) is 21.7 Å². The summed E-state index contributed by atoms with van der Waals surface area (Å²) in [5.74, 6) is -1.18. The summed E-state index contributed by atoms with van der Waals surface area (Å²) >= 11 is 6.47. The smallest absolute Gasteiger partial charge is 0.335 e. The number of phenolic OH excluding ortho intramolecular Hbond substituents is 1. The van der Waals surface area contributed by atoms with E-state index in [1.165, 1.54) is 31.3 Å². The Hall–Kier alpha value is -3.04. The highest BCUT2D eigenvalue weighted by molar-refractivity contribution is 8.27. The van der Waals surface area contributed by atoms with Crippen LogP contribution < -0.4 is 14.4 Å². The first-order chi connectivity index (χ1) is 13.8. The summed E-state index contributed by atoms with van der Waals surface area (Å²) in [7, 11) is 2.83. The number of thioether (sulfide) groups is 1. The fourth-order valence-corrected chi connectivity index (χ4v) is 4.09. The average Bonchev–Trinajstić information content (AvgIpc) is 2.96. The van der Waals surface area contributed by atoms with E-state index in [1.807, 2.05) is 0 Å². The van der Waals surface area contributed by atoms with E-state index < -0.39 is 5.97 Å². The average molecular weight is 431 g/mol. The van der Waals surface area contributed by atoms with Gasteiger partial charge in [0.05, 0.1) is 30.4 Å². The molecule has 1 aliphatic rings. The van der Waals surface area contributed by atoms with Crippen LogP contribution in [0.4, 0.5) is 5.69 Å². The summed E-state index contributed by atoms with van der Waals surface area (Å²) in [5.41, 5.74) is 1.79. The number of hydrogen-bond donors (Lipinski definition) is 2. The van der Waals surface area contributed by atoms with Crippen LogP contribution in [0.15, 0.2) is 35.2 Å². The summed E-state index contributed by atoms with van der Waals surface area (Å²) in [6.07, 6.45) is 1.61. The van der Waals surface area contributed by atoms with Crippen LogP contribution in [-0.2, 0) is 4.79 Å². The number of phenols is 1. The first kappa shape index (κ1) is 20.7. The minimum absolute atomic E-state index is 0.0663. The lowest BCUT2D eigenvalue weighted by molar-refractivity contribution is -0.113. The van der Waals surface area contributed by atoms with Crippen LogP contribution in [0, 0.1) is 6.92 Å². The van der Waals surface area contributed by atoms with Gasteiger partial charge in [-0.15, -0.1) is 0 Å². The summed E-state index contributed by atoms with van der Waals surface area (Å²) in [6.45, 7) is 1.78. The van der Waals surface area contributed by atoms with Gasteiger partial charge in [-0.1, -0.05) is 30.0 Å². The summed E-state index contributed by atoms with van der Waals surface area (Å²) in [6, 6.07) is 7.68. The summed E-state index contributed by atoms with van der Waals surface area (Å²) in [4.78, 5) is 26.0. The quantitative estimate of drug-likeness (QED) is 0.545. The number of ether oxygens (including phenoxy) is 2. The number of aromatic hydroxyl groups is 1. The van der Waals surface area contributed by atoms with Crippen LogP contribution in [0.25, 0.3) is 6.08 Å². The fourth-order valence-electron chi connectivity index (χ4n) is 2.81. The van der Waals surface area contributed by atoms with E-state index in [2.05, 4.69) is 0 Å². The lowest BCUT2D eigenvalue weighted by atomic mass is 10.1. The fraction of sp³-hybridized carbons (Fsp3) is 0.150. The second-order valence-corrected chi connectivity index (χ2v) is 7.77. The zero-order valence-corrected chi connectivity index (χ0v) is 17.4. The Morgan fingerprint density at radius 3 is 2.34 bits per heavy atom. The van der Waals surface area contributed by atoms with Crippen molar-refractivity contribution < 1.29 is 29.3 Å². The van der Waals surface area contributed by atoms with Gasteiger partial charge in [0.15, 0.2) is 15.8 Å². The van der Waals surface area contributed by atoms with Crippen molar-refractivity contribution in [2.45, 2.75) is 6.92 Å². The van der Waals surface area contributed by atoms with E-state index >= 15 is 0 Å². The number of carbonyl (C=O) groups excluding carboxylic acids is 1. The van der Waals surface area contributed by atoms with Crippen LogP contribution >= 0.6 is 24.0 Å². The van der Waals surface area contributed by atoms with E-state index in [1.54, 1.807) is 31.2 Å². The normalized spacial score (nSPS) is 15.1. The maximum absolute atomic E-state index is 13.0. The van der Waals surface area contributed by atoms with E-state index in [0.717, 1.165) is 17.3 Å². The number of carboxylic acids is 1. The Kier molecular flexibility index (Phi) is 5.81. The zero-order valence-electron chi connectivity index (χ0n) is 15.8. The molecule has 29 heavy (non-hydrogen) atoms. The number of carbonyl (C=O) groups is 2. The molecule has 1 amide bonds. The minimum Gasteiger partial charge on any atom is -0.502 e. The number of carboxylic acid groups (broad SMARTS) is 1. The van der Waals surface area contributed by atoms with Gasteiger partial charge >= 0.3 is 5.97 Å². The predicted molar refractivity (Wildman–Crippen MR) is 115 cm³/mol. The number of aromatic carboxylic acids is 1. The van der Waals surface area contributed by atoms with Crippen molar-refractivity contribution in [1.82, 2.24) is 0 Å². The lowest BCUT2D eigenvalue weighted by Gasteiger charge is -2.17. The highest BCUT2D eigenvalue weighted by Gasteiger charge is 2.34. The van der Waals surface area contributed by atoms with Crippen molar-refractivity contribution in [3.05, 3.63) is 51.9 Å². The molecule has 2 aromatic carbocycles. The first-order valence-corrected chi connectivity index (χ1v) is 9.56. The van der Waals surface area contributed by atoms with Crippen molar-refractivity contribution in [1.29, 1.82) is 0 Å². The molecule has 0 bridgehead atoms. The maximum atomic E-state index is 13.0. The van der Waals surface area contributed by atoms with Crippen LogP contribution in [0.2, 0.25) is 0 Å². The van der Waals surface area contributed by atoms with Gasteiger partial charge in [0, 0.05) is 0 Å². The molecule has 0 radical (unpaired) electrons. The summed E-state index contributed by atoms with van der Waals surface area (Å²) < 4.78 is 10.6. The molecule has 1 aliphatic heterocycles. The Morgan fingerprint density at radius 1 is 1.17 bits per heavy atom. The maximum Gasteiger partial charge on any atom is 0.335 e. The molecular formula is C20H17NO6S2. The molecular weight excluding hydrogens is 414 g/mol. The van der Waals surface area contributed by atoms with E-state index in [-0.39, 0.29) is 28.7 Å². The van der Waals surface area contributed by atoms with Gasteiger partial charge in [0.1, 0.15) is 0 Å². The van der Waals surface area contributed by atoms with Gasteiger partial charge in [-0.3, -0.25) is 9.69 Å². The number of rotatable bonds is 5. The number of anilines is 1. The number of hydrogen-bond acceptors (Lipinski definition) is 7. The standard InChI is InChI=1S/C20H17NO6S2/c1-10-4-5-12(19(24)25)9-13(10)21-18(23)16(29-20(21)28)8-11-6-14(26-2)17(22)15(7-11)27-3/h4-9,22H,1-3H3,(H,24,25). The third-order valence-electron chi connectivity index (χ3n) is 4.29. The number of benzene rings is 2. The Balaban J connectivity index is 2.02. The third-order valence-corrected chi connectivity index (χ3v) is 5.59. The SMILES string of the molecule is COc1cc(C=C2SC(=S)N(c3cc(C(=O)O)ccc3C)C2=O)cc(OC)c1O. The highest BCUT2D eigenvalue weighted by Crippen LogP contribution is 2.41.